The number of carbonyl (C=O) groups excluding carboxylic acids is 1. The Morgan fingerprint density at radius 1 is 0.778 bits per heavy atom. The van der Waals surface area contributed by atoms with Crippen LogP contribution in [0.5, 0.6) is 0 Å². The molecular formula is C25H28N8O3. The summed E-state index contributed by atoms with van der Waals surface area (Å²) in [5.41, 5.74) is 16.2. The summed E-state index contributed by atoms with van der Waals surface area (Å²) in [6.07, 6.45) is -1.04. The van der Waals surface area contributed by atoms with E-state index in [1.165, 1.54) is 0 Å². The van der Waals surface area contributed by atoms with Crippen molar-refractivity contribution in [3.05, 3.63) is 53.6 Å². The van der Waals surface area contributed by atoms with Gasteiger partial charge in [-0.15, -0.1) is 0 Å². The second-order valence-electron chi connectivity index (χ2n) is 9.72. The molecule has 11 heteroatoms. The van der Waals surface area contributed by atoms with E-state index >= 15 is 0 Å². The molecule has 0 radical (unpaired) electrons. The lowest BCUT2D eigenvalue weighted by Crippen LogP contribution is -2.53. The molecule has 0 unspecified atom stereocenters. The lowest BCUT2D eigenvalue weighted by molar-refractivity contribution is 0.0572. The Kier molecular flexibility index (Phi) is 5.56. The first kappa shape index (κ1) is 22.8. The van der Waals surface area contributed by atoms with Crippen molar-refractivity contribution in [3.8, 4) is 11.1 Å². The van der Waals surface area contributed by atoms with Crippen molar-refractivity contribution in [2.75, 3.05) is 41.3 Å². The largest absolute Gasteiger partial charge is 0.388 e. The second-order valence-corrected chi connectivity index (χ2v) is 9.72. The number of piperidine rings is 1. The van der Waals surface area contributed by atoms with Crippen LogP contribution in [0.2, 0.25) is 0 Å². The van der Waals surface area contributed by atoms with Gasteiger partial charge < -0.3 is 36.8 Å². The fourth-order valence-corrected chi connectivity index (χ4v) is 5.20. The Bertz CT molecular complexity index is 1310. The van der Waals surface area contributed by atoms with Crippen LogP contribution in [0.3, 0.4) is 0 Å². The zero-order valence-corrected chi connectivity index (χ0v) is 19.6. The van der Waals surface area contributed by atoms with E-state index in [1.54, 1.807) is 11.0 Å². The van der Waals surface area contributed by atoms with Crippen molar-refractivity contribution in [1.82, 2.24) is 15.0 Å². The molecule has 0 bridgehead atoms. The predicted octanol–water partition coefficient (Wildman–Crippen LogP) is 0.233. The monoisotopic (exact) mass is 488 g/mol. The second kappa shape index (κ2) is 8.79. The molecule has 2 aromatic carbocycles. The number of rotatable bonds is 4. The summed E-state index contributed by atoms with van der Waals surface area (Å²) < 4.78 is 0. The van der Waals surface area contributed by atoms with Crippen LogP contribution in [-0.4, -0.2) is 81.4 Å². The average molecular weight is 489 g/mol. The standard InChI is InChI=1S/C25H28N8O3/c26-13-7-14(27)10-32(9-13)24-29-23(30-25(31-24)33-11-20(34)21(35)12-33)28-15-5-6-18-19(8-15)16-3-1-2-4-17(16)22(18)36/h1-6,8,13-14,20-21,34-35H,7,9-12,26-27H2,(H,28,29,30,31)/t13-,14+,20-,21+. The Balaban J connectivity index is 1.36. The van der Waals surface area contributed by atoms with Gasteiger partial charge in [-0.1, -0.05) is 24.3 Å². The fourth-order valence-electron chi connectivity index (χ4n) is 5.20. The molecule has 2 saturated heterocycles. The van der Waals surface area contributed by atoms with Gasteiger partial charge in [-0.3, -0.25) is 4.79 Å². The fraction of sp³-hybridized carbons (Fsp3) is 0.360. The third-order valence-corrected chi connectivity index (χ3v) is 6.93. The number of nitrogens with two attached hydrogens (primary N) is 2. The molecule has 7 N–H and O–H groups in total. The molecular weight excluding hydrogens is 460 g/mol. The molecule has 0 spiro atoms. The van der Waals surface area contributed by atoms with Crippen LogP contribution in [0.25, 0.3) is 11.1 Å². The van der Waals surface area contributed by atoms with Gasteiger partial charge in [-0.05, 0) is 35.7 Å². The summed E-state index contributed by atoms with van der Waals surface area (Å²) in [7, 11) is 0. The number of nitrogens with zero attached hydrogens (tertiary/aromatic N) is 5. The number of anilines is 4. The molecule has 36 heavy (non-hydrogen) atoms. The predicted molar refractivity (Wildman–Crippen MR) is 135 cm³/mol. The Labute approximate surface area is 207 Å². The van der Waals surface area contributed by atoms with E-state index in [1.807, 2.05) is 41.3 Å². The van der Waals surface area contributed by atoms with Crippen LogP contribution in [0.4, 0.5) is 23.5 Å². The first-order valence-electron chi connectivity index (χ1n) is 12.0. The normalized spacial score (nSPS) is 25.2. The van der Waals surface area contributed by atoms with Gasteiger partial charge >= 0.3 is 0 Å². The van der Waals surface area contributed by atoms with Crippen molar-refractivity contribution < 1.29 is 15.0 Å². The van der Waals surface area contributed by atoms with E-state index in [0.717, 1.165) is 23.2 Å². The van der Waals surface area contributed by atoms with Crippen LogP contribution >= 0.6 is 0 Å². The van der Waals surface area contributed by atoms with E-state index in [4.69, 9.17) is 11.5 Å². The lowest BCUT2D eigenvalue weighted by atomic mass is 10.0. The third kappa shape index (κ3) is 4.05. The van der Waals surface area contributed by atoms with Gasteiger partial charge in [0.05, 0.1) is 12.2 Å². The lowest BCUT2D eigenvalue weighted by Gasteiger charge is -2.35. The molecule has 186 valence electrons. The minimum absolute atomic E-state index is 0.0146. The van der Waals surface area contributed by atoms with E-state index in [0.29, 0.717) is 42.1 Å². The van der Waals surface area contributed by atoms with Gasteiger partial charge in [0.15, 0.2) is 5.78 Å². The number of hydrogen-bond donors (Lipinski definition) is 5. The van der Waals surface area contributed by atoms with Gasteiger partial charge in [-0.25, -0.2) is 0 Å². The summed E-state index contributed by atoms with van der Waals surface area (Å²) in [5.74, 6) is 1.08. The van der Waals surface area contributed by atoms with Crippen molar-refractivity contribution >= 4 is 29.3 Å². The van der Waals surface area contributed by atoms with Crippen molar-refractivity contribution in [2.45, 2.75) is 30.7 Å². The molecule has 1 aromatic heterocycles. The highest BCUT2D eigenvalue weighted by atomic mass is 16.3. The van der Waals surface area contributed by atoms with E-state index in [2.05, 4.69) is 20.3 Å². The molecule has 3 aromatic rings. The summed E-state index contributed by atoms with van der Waals surface area (Å²) in [5, 5.41) is 23.4. The average Bonchev–Trinajstić information content (AvgIpc) is 3.34. The van der Waals surface area contributed by atoms with Gasteiger partial charge in [-0.2, -0.15) is 15.0 Å². The molecule has 11 nitrogen and oxygen atoms in total. The Morgan fingerprint density at radius 3 is 2.03 bits per heavy atom. The molecule has 0 saturated carbocycles. The van der Waals surface area contributed by atoms with Crippen molar-refractivity contribution in [2.24, 2.45) is 11.5 Å². The Hall–Kier alpha value is -3.64. The smallest absolute Gasteiger partial charge is 0.233 e. The topological polar surface area (TPSA) is 167 Å². The first-order chi connectivity index (χ1) is 17.4. The highest BCUT2D eigenvalue weighted by molar-refractivity contribution is 6.22. The molecule has 4 atom stereocenters. The number of β-amino-alcohol motifs (C(OH)–C–C–N with tert-alkyl or cyclic N) is 2. The Morgan fingerprint density at radius 2 is 1.36 bits per heavy atom. The van der Waals surface area contributed by atoms with Crippen LogP contribution in [0, 0.1) is 0 Å². The molecule has 3 aliphatic rings. The minimum Gasteiger partial charge on any atom is -0.388 e. The van der Waals surface area contributed by atoms with Crippen LogP contribution in [-0.2, 0) is 0 Å². The summed E-state index contributed by atoms with van der Waals surface area (Å²) in [4.78, 5) is 30.3. The van der Waals surface area contributed by atoms with Crippen LogP contribution in [0.15, 0.2) is 42.5 Å². The quantitative estimate of drug-likeness (QED) is 0.267. The van der Waals surface area contributed by atoms with E-state index in [9.17, 15) is 15.0 Å². The summed E-state index contributed by atoms with van der Waals surface area (Å²) in [6.45, 7) is 1.53. The highest BCUT2D eigenvalue weighted by Crippen LogP contribution is 2.38. The number of aromatic nitrogens is 3. The number of ketones is 1. The number of aliphatic hydroxyl groups is 2. The zero-order chi connectivity index (χ0) is 25.0. The van der Waals surface area contributed by atoms with Crippen LogP contribution in [0.1, 0.15) is 22.3 Å². The SMILES string of the molecule is N[C@@H]1C[C@H](N)CN(c2nc(Nc3ccc4c(c3)-c3ccccc3C4=O)nc(N3C[C@@H](O)[C@@H](O)C3)n2)C1. The van der Waals surface area contributed by atoms with Gasteiger partial charge in [0.2, 0.25) is 17.8 Å². The highest BCUT2D eigenvalue weighted by Gasteiger charge is 2.33. The van der Waals surface area contributed by atoms with Crippen molar-refractivity contribution in [1.29, 1.82) is 0 Å². The number of aliphatic hydroxyl groups excluding tert-OH is 2. The van der Waals surface area contributed by atoms with Crippen molar-refractivity contribution in [3.63, 3.8) is 0 Å². The molecule has 2 fully saturated rings. The zero-order valence-electron chi connectivity index (χ0n) is 19.6. The maximum absolute atomic E-state index is 12.7. The minimum atomic E-state index is -0.882. The van der Waals surface area contributed by atoms with Gasteiger partial charge in [0.25, 0.3) is 0 Å². The number of hydrogen-bond acceptors (Lipinski definition) is 11. The van der Waals surface area contributed by atoms with E-state index in [-0.39, 0.29) is 31.0 Å². The number of fused-ring (bicyclic) bond motifs is 3. The molecule has 2 aliphatic heterocycles. The number of nitrogens with one attached hydrogen (secondary N) is 1. The van der Waals surface area contributed by atoms with E-state index < -0.39 is 12.2 Å². The first-order valence-corrected chi connectivity index (χ1v) is 12.0. The number of carbonyl (C=O) groups is 1. The molecule has 0 amide bonds. The molecule has 1 aliphatic carbocycles. The van der Waals surface area contributed by atoms with Gasteiger partial charge in [0.1, 0.15) is 0 Å². The third-order valence-electron chi connectivity index (χ3n) is 6.93. The molecule has 3 heterocycles. The summed E-state index contributed by atoms with van der Waals surface area (Å²) in [6, 6.07) is 12.9. The maximum Gasteiger partial charge on any atom is 0.233 e. The molecule has 6 rings (SSSR count). The van der Waals surface area contributed by atoms with Gasteiger partial charge in [0, 0.05) is 55.1 Å². The maximum atomic E-state index is 12.7. The number of benzene rings is 2. The summed E-state index contributed by atoms with van der Waals surface area (Å²) >= 11 is 0. The van der Waals surface area contributed by atoms with Crippen LogP contribution < -0.4 is 26.6 Å².